The Balaban J connectivity index is 1.38. The van der Waals surface area contributed by atoms with Gasteiger partial charge in [0, 0.05) is 18.3 Å². The molecule has 0 unspecified atom stereocenters. The molecule has 7 nitrogen and oxygen atoms in total. The molecule has 0 saturated heterocycles. The van der Waals surface area contributed by atoms with E-state index in [9.17, 15) is 4.79 Å². The second-order valence-electron chi connectivity index (χ2n) is 5.96. The number of hydrogen-bond donors (Lipinski definition) is 2. The number of carbonyl (C=O) groups is 1. The van der Waals surface area contributed by atoms with Crippen molar-refractivity contribution in [3.63, 3.8) is 0 Å². The molecule has 7 heteroatoms. The van der Waals surface area contributed by atoms with Gasteiger partial charge in [-0.2, -0.15) is 0 Å². The summed E-state index contributed by atoms with van der Waals surface area (Å²) in [5.41, 5.74) is 2.09. The molecule has 0 saturated carbocycles. The van der Waals surface area contributed by atoms with E-state index < -0.39 is 0 Å². The fourth-order valence-corrected chi connectivity index (χ4v) is 2.66. The molecule has 3 aromatic rings. The monoisotopic (exact) mass is 362 g/mol. The lowest BCUT2D eigenvalue weighted by Gasteiger charge is -2.19. The van der Waals surface area contributed by atoms with Crippen molar-refractivity contribution in [1.29, 1.82) is 0 Å². The first-order chi connectivity index (χ1) is 13.3. The summed E-state index contributed by atoms with van der Waals surface area (Å²) in [5.74, 6) is 1.68. The van der Waals surface area contributed by atoms with Crippen LogP contribution in [0.15, 0.2) is 60.7 Å². The quantitative estimate of drug-likeness (QED) is 0.726. The van der Waals surface area contributed by atoms with Gasteiger partial charge in [0.2, 0.25) is 0 Å². The second kappa shape index (κ2) is 7.74. The highest BCUT2D eigenvalue weighted by Gasteiger charge is 2.12. The molecule has 2 heterocycles. The Morgan fingerprint density at radius 1 is 0.926 bits per heavy atom. The van der Waals surface area contributed by atoms with Crippen molar-refractivity contribution >= 4 is 17.4 Å². The van der Waals surface area contributed by atoms with E-state index in [4.69, 9.17) is 9.47 Å². The predicted octanol–water partition coefficient (Wildman–Crippen LogP) is 2.92. The maximum absolute atomic E-state index is 12.2. The first-order valence-electron chi connectivity index (χ1n) is 8.60. The number of amides is 1. The molecule has 0 bridgehead atoms. The third kappa shape index (κ3) is 4.14. The maximum atomic E-state index is 12.2. The molecule has 0 radical (unpaired) electrons. The highest BCUT2D eigenvalue weighted by molar-refractivity contribution is 5.92. The Morgan fingerprint density at radius 2 is 1.74 bits per heavy atom. The van der Waals surface area contributed by atoms with Gasteiger partial charge in [0.05, 0.1) is 0 Å². The van der Waals surface area contributed by atoms with Crippen LogP contribution in [0.2, 0.25) is 0 Å². The Morgan fingerprint density at radius 3 is 2.52 bits per heavy atom. The summed E-state index contributed by atoms with van der Waals surface area (Å²) < 4.78 is 11.1. The SMILES string of the molecule is O=C(NCc1ccccc1)c1ccc(Nc2ccc3c(c2)OCCO3)nn1. The van der Waals surface area contributed by atoms with Crippen LogP contribution in [0.1, 0.15) is 16.1 Å². The molecule has 2 aromatic carbocycles. The van der Waals surface area contributed by atoms with E-state index >= 15 is 0 Å². The number of aromatic nitrogens is 2. The highest BCUT2D eigenvalue weighted by atomic mass is 16.6. The van der Waals surface area contributed by atoms with Gasteiger partial charge in [-0.1, -0.05) is 30.3 Å². The Labute approximate surface area is 156 Å². The van der Waals surface area contributed by atoms with Crippen molar-refractivity contribution in [2.75, 3.05) is 18.5 Å². The zero-order valence-electron chi connectivity index (χ0n) is 14.5. The molecule has 1 amide bonds. The van der Waals surface area contributed by atoms with Crippen LogP contribution in [0.25, 0.3) is 0 Å². The van der Waals surface area contributed by atoms with Crippen LogP contribution < -0.4 is 20.1 Å². The lowest BCUT2D eigenvalue weighted by atomic mass is 10.2. The molecule has 1 aliphatic heterocycles. The summed E-state index contributed by atoms with van der Waals surface area (Å²) in [7, 11) is 0. The third-order valence-corrected chi connectivity index (χ3v) is 4.01. The predicted molar refractivity (Wildman–Crippen MR) is 100 cm³/mol. The van der Waals surface area contributed by atoms with Gasteiger partial charge >= 0.3 is 0 Å². The van der Waals surface area contributed by atoms with Crippen molar-refractivity contribution < 1.29 is 14.3 Å². The van der Waals surface area contributed by atoms with E-state index in [-0.39, 0.29) is 11.6 Å². The van der Waals surface area contributed by atoms with Crippen molar-refractivity contribution in [3.8, 4) is 11.5 Å². The number of benzene rings is 2. The minimum Gasteiger partial charge on any atom is -0.486 e. The average Bonchev–Trinajstić information content (AvgIpc) is 2.73. The minimum atomic E-state index is -0.266. The van der Waals surface area contributed by atoms with Gasteiger partial charge in [-0.25, -0.2) is 0 Å². The van der Waals surface area contributed by atoms with Gasteiger partial charge in [-0.3, -0.25) is 4.79 Å². The van der Waals surface area contributed by atoms with Gasteiger partial charge in [0.15, 0.2) is 23.0 Å². The van der Waals surface area contributed by atoms with Crippen molar-refractivity contribution in [2.45, 2.75) is 6.54 Å². The first kappa shape index (κ1) is 16.8. The molecule has 0 aliphatic carbocycles. The molecule has 27 heavy (non-hydrogen) atoms. The number of nitrogens with one attached hydrogen (secondary N) is 2. The lowest BCUT2D eigenvalue weighted by molar-refractivity contribution is 0.0945. The molecule has 1 aromatic heterocycles. The van der Waals surface area contributed by atoms with Gasteiger partial charge < -0.3 is 20.1 Å². The van der Waals surface area contributed by atoms with Crippen LogP contribution in [-0.2, 0) is 6.54 Å². The van der Waals surface area contributed by atoms with Crippen molar-refractivity contribution in [1.82, 2.24) is 15.5 Å². The number of anilines is 2. The van der Waals surface area contributed by atoms with E-state index in [1.807, 2.05) is 48.5 Å². The molecular weight excluding hydrogens is 344 g/mol. The van der Waals surface area contributed by atoms with Crippen LogP contribution >= 0.6 is 0 Å². The summed E-state index contributed by atoms with van der Waals surface area (Å²) in [6.45, 7) is 1.53. The summed E-state index contributed by atoms with van der Waals surface area (Å²) in [6, 6.07) is 18.6. The second-order valence-corrected chi connectivity index (χ2v) is 5.96. The highest BCUT2D eigenvalue weighted by Crippen LogP contribution is 2.33. The summed E-state index contributed by atoms with van der Waals surface area (Å²) in [4.78, 5) is 12.2. The van der Waals surface area contributed by atoms with Gasteiger partial charge in [-0.05, 0) is 29.8 Å². The molecule has 1 aliphatic rings. The summed E-state index contributed by atoms with van der Waals surface area (Å²) in [5, 5.41) is 14.0. The Kier molecular flexibility index (Phi) is 4.82. The van der Waals surface area contributed by atoms with Gasteiger partial charge in [0.1, 0.15) is 13.2 Å². The lowest BCUT2D eigenvalue weighted by Crippen LogP contribution is -2.24. The topological polar surface area (TPSA) is 85.4 Å². The largest absolute Gasteiger partial charge is 0.486 e. The smallest absolute Gasteiger partial charge is 0.272 e. The molecule has 0 spiro atoms. The number of hydrogen-bond acceptors (Lipinski definition) is 6. The number of nitrogens with zero attached hydrogens (tertiary/aromatic N) is 2. The zero-order valence-corrected chi connectivity index (χ0v) is 14.5. The maximum Gasteiger partial charge on any atom is 0.272 e. The molecule has 4 rings (SSSR count). The third-order valence-electron chi connectivity index (χ3n) is 4.01. The molecular formula is C20H18N4O3. The first-order valence-corrected chi connectivity index (χ1v) is 8.60. The van der Waals surface area contributed by atoms with Crippen LogP contribution in [0.5, 0.6) is 11.5 Å². The standard InChI is InChI=1S/C20H18N4O3/c25-20(21-13-14-4-2-1-3-5-14)16-7-9-19(24-23-16)22-15-6-8-17-18(12-15)27-11-10-26-17/h1-9,12H,10-11,13H2,(H,21,25)(H,22,24). The average molecular weight is 362 g/mol. The van der Waals surface area contributed by atoms with Gasteiger partial charge in [0.25, 0.3) is 5.91 Å². The summed E-state index contributed by atoms with van der Waals surface area (Å²) in [6.07, 6.45) is 0. The number of carbonyl (C=O) groups excluding carboxylic acids is 1. The fraction of sp³-hybridized carbons (Fsp3) is 0.150. The molecule has 136 valence electrons. The molecule has 0 fully saturated rings. The van der Waals surface area contributed by atoms with E-state index in [2.05, 4.69) is 20.8 Å². The minimum absolute atomic E-state index is 0.263. The normalized spacial score (nSPS) is 12.3. The van der Waals surface area contributed by atoms with E-state index in [0.717, 1.165) is 17.0 Å². The van der Waals surface area contributed by atoms with Gasteiger partial charge in [-0.15, -0.1) is 10.2 Å². The molecule has 2 N–H and O–H groups in total. The van der Waals surface area contributed by atoms with Crippen LogP contribution in [0.4, 0.5) is 11.5 Å². The Bertz CT molecular complexity index is 930. The number of rotatable bonds is 5. The number of ether oxygens (including phenoxy) is 2. The van der Waals surface area contributed by atoms with Crippen LogP contribution in [-0.4, -0.2) is 29.3 Å². The van der Waals surface area contributed by atoms with Crippen molar-refractivity contribution in [2.24, 2.45) is 0 Å². The van der Waals surface area contributed by atoms with E-state index in [1.165, 1.54) is 0 Å². The molecule has 0 atom stereocenters. The Hall–Kier alpha value is -3.61. The summed E-state index contributed by atoms with van der Waals surface area (Å²) >= 11 is 0. The van der Waals surface area contributed by atoms with E-state index in [0.29, 0.717) is 31.3 Å². The fourth-order valence-electron chi connectivity index (χ4n) is 2.66. The zero-order chi connectivity index (χ0) is 18.5. The van der Waals surface area contributed by atoms with Crippen LogP contribution in [0.3, 0.4) is 0 Å². The van der Waals surface area contributed by atoms with Crippen LogP contribution in [0, 0.1) is 0 Å². The number of fused-ring (bicyclic) bond motifs is 1. The van der Waals surface area contributed by atoms with E-state index in [1.54, 1.807) is 12.1 Å². The van der Waals surface area contributed by atoms with Crippen molar-refractivity contribution in [3.05, 3.63) is 71.9 Å².